The summed E-state index contributed by atoms with van der Waals surface area (Å²) < 4.78 is 11.6. The van der Waals surface area contributed by atoms with Crippen LogP contribution in [0.4, 0.5) is 11.4 Å². The molecule has 0 unspecified atom stereocenters. The van der Waals surface area contributed by atoms with Gasteiger partial charge >= 0.3 is 0 Å². The zero-order valence-electron chi connectivity index (χ0n) is 17.3. The molecule has 0 aliphatic carbocycles. The zero-order valence-corrected chi connectivity index (χ0v) is 20.5. The molecule has 2 amide bonds. The van der Waals surface area contributed by atoms with Gasteiger partial charge in [-0.25, -0.2) is 0 Å². The summed E-state index contributed by atoms with van der Waals surface area (Å²) in [5, 5.41) is 6.16. The Kier molecular flexibility index (Phi) is 7.16. The van der Waals surface area contributed by atoms with Gasteiger partial charge in [-0.05, 0) is 46.3 Å². The Hall–Kier alpha value is -1.98. The molecular weight excluding hydrogens is 520 g/mol. The second-order valence-electron chi connectivity index (χ2n) is 7.41. The summed E-state index contributed by atoms with van der Waals surface area (Å²) in [7, 11) is 1.75. The van der Waals surface area contributed by atoms with Crippen LogP contribution in [0.25, 0.3) is 0 Å². The number of nitrogens with one attached hydrogen (secondary N) is 2. The predicted octanol–water partition coefficient (Wildman–Crippen LogP) is 3.56. The van der Waals surface area contributed by atoms with Gasteiger partial charge in [0.05, 0.1) is 45.8 Å². The van der Waals surface area contributed by atoms with Crippen molar-refractivity contribution < 1.29 is 19.1 Å². The molecule has 4 rings (SSSR count). The van der Waals surface area contributed by atoms with Crippen molar-refractivity contribution in [3.05, 3.63) is 44.0 Å². The molecule has 2 aliphatic heterocycles. The van der Waals surface area contributed by atoms with Crippen LogP contribution in [0.5, 0.6) is 0 Å². The SMILES string of the molecule is CN=C1CCOCCN1c1ccc(NC(=O)C2(NC(=O)c3ccc(Br)s3)COC2)cc1Cl. The molecular formula is C21H22BrClN4O4S. The standard InChI is InChI=1S/C21H22BrClN4O4S/c1-24-18-6-8-30-9-7-27(18)15-3-2-13(10-14(15)23)25-20(29)21(11-31-12-21)26-19(28)16-4-5-17(22)32-16/h2-5,10H,6-9,11-12H2,1H3,(H,25,29)(H,26,28). The number of thiophene rings is 1. The molecule has 2 aliphatic rings. The van der Waals surface area contributed by atoms with Crippen LogP contribution in [0.2, 0.25) is 5.02 Å². The average molecular weight is 542 g/mol. The molecule has 2 N–H and O–H groups in total. The Morgan fingerprint density at radius 2 is 2.03 bits per heavy atom. The van der Waals surface area contributed by atoms with Crippen LogP contribution in [-0.2, 0) is 14.3 Å². The third kappa shape index (κ3) is 4.84. The Bertz CT molecular complexity index is 1060. The number of ether oxygens (including phenoxy) is 2. The predicted molar refractivity (Wildman–Crippen MR) is 129 cm³/mol. The van der Waals surface area contributed by atoms with Crippen molar-refractivity contribution >= 4 is 67.9 Å². The minimum atomic E-state index is -1.12. The van der Waals surface area contributed by atoms with Gasteiger partial charge in [-0.15, -0.1) is 11.3 Å². The lowest BCUT2D eigenvalue weighted by atomic mass is 9.95. The molecule has 8 nitrogen and oxygen atoms in total. The van der Waals surface area contributed by atoms with Crippen LogP contribution >= 0.6 is 38.9 Å². The minimum Gasteiger partial charge on any atom is -0.379 e. The molecule has 0 spiro atoms. The number of anilines is 2. The number of carbonyl (C=O) groups is 2. The molecule has 2 fully saturated rings. The van der Waals surface area contributed by atoms with Crippen LogP contribution in [0, 0.1) is 0 Å². The fraction of sp³-hybridized carbons (Fsp3) is 0.381. The van der Waals surface area contributed by atoms with Crippen molar-refractivity contribution in [1.82, 2.24) is 5.32 Å². The van der Waals surface area contributed by atoms with Crippen molar-refractivity contribution in [2.45, 2.75) is 12.0 Å². The Balaban J connectivity index is 1.48. The number of hydrogen-bond donors (Lipinski definition) is 2. The van der Waals surface area contributed by atoms with Crippen LogP contribution in [0.3, 0.4) is 0 Å². The topological polar surface area (TPSA) is 92.3 Å². The summed E-state index contributed by atoms with van der Waals surface area (Å²) >= 11 is 11.2. The van der Waals surface area contributed by atoms with Gasteiger partial charge in [0.1, 0.15) is 5.84 Å². The number of benzene rings is 1. The summed E-state index contributed by atoms with van der Waals surface area (Å²) in [6, 6.07) is 8.82. The van der Waals surface area contributed by atoms with Crippen molar-refractivity contribution in [2.75, 3.05) is 50.2 Å². The highest BCUT2D eigenvalue weighted by Gasteiger charge is 2.47. The number of amidine groups is 1. The molecule has 170 valence electrons. The lowest BCUT2D eigenvalue weighted by molar-refractivity contribution is -0.141. The van der Waals surface area contributed by atoms with Gasteiger partial charge in [0.25, 0.3) is 11.8 Å². The van der Waals surface area contributed by atoms with Gasteiger partial charge < -0.3 is 25.0 Å². The van der Waals surface area contributed by atoms with Crippen molar-refractivity contribution in [1.29, 1.82) is 0 Å². The van der Waals surface area contributed by atoms with E-state index in [1.807, 2.05) is 11.0 Å². The zero-order chi connectivity index (χ0) is 22.7. The molecule has 11 heteroatoms. The first-order valence-electron chi connectivity index (χ1n) is 9.99. The Morgan fingerprint density at radius 1 is 1.22 bits per heavy atom. The molecule has 3 heterocycles. The first-order valence-corrected chi connectivity index (χ1v) is 12.0. The number of nitrogens with zero attached hydrogens (tertiary/aromatic N) is 2. The van der Waals surface area contributed by atoms with Gasteiger partial charge in [-0.1, -0.05) is 11.6 Å². The van der Waals surface area contributed by atoms with E-state index >= 15 is 0 Å². The van der Waals surface area contributed by atoms with E-state index in [0.717, 1.165) is 15.3 Å². The highest BCUT2D eigenvalue weighted by Crippen LogP contribution is 2.31. The van der Waals surface area contributed by atoms with E-state index in [4.69, 9.17) is 21.1 Å². The van der Waals surface area contributed by atoms with E-state index in [9.17, 15) is 9.59 Å². The summed E-state index contributed by atoms with van der Waals surface area (Å²) in [6.45, 7) is 2.05. The number of aliphatic imine (C=N–C) groups is 1. The molecule has 2 saturated heterocycles. The Labute approximate surface area is 203 Å². The Morgan fingerprint density at radius 3 is 2.66 bits per heavy atom. The third-order valence-corrected chi connectivity index (χ3v) is 7.20. The van der Waals surface area contributed by atoms with E-state index < -0.39 is 5.54 Å². The molecule has 32 heavy (non-hydrogen) atoms. The second kappa shape index (κ2) is 9.88. The summed E-state index contributed by atoms with van der Waals surface area (Å²) in [4.78, 5) is 32.5. The van der Waals surface area contributed by atoms with Crippen molar-refractivity contribution in [3.8, 4) is 0 Å². The highest BCUT2D eigenvalue weighted by molar-refractivity contribution is 9.11. The van der Waals surface area contributed by atoms with E-state index in [1.54, 1.807) is 31.3 Å². The van der Waals surface area contributed by atoms with Gasteiger partial charge in [0.15, 0.2) is 5.54 Å². The summed E-state index contributed by atoms with van der Waals surface area (Å²) in [5.74, 6) is 0.229. The first kappa shape index (κ1) is 23.2. The van der Waals surface area contributed by atoms with Gasteiger partial charge in [-0.2, -0.15) is 0 Å². The van der Waals surface area contributed by atoms with E-state index in [2.05, 4.69) is 31.6 Å². The number of halogens is 2. The van der Waals surface area contributed by atoms with Gasteiger partial charge in [-0.3, -0.25) is 14.6 Å². The van der Waals surface area contributed by atoms with Crippen LogP contribution in [-0.4, -0.2) is 63.2 Å². The van der Waals surface area contributed by atoms with Gasteiger partial charge in [0.2, 0.25) is 0 Å². The molecule has 1 aromatic carbocycles. The maximum absolute atomic E-state index is 13.0. The third-order valence-electron chi connectivity index (χ3n) is 5.28. The van der Waals surface area contributed by atoms with E-state index in [1.165, 1.54) is 11.3 Å². The lowest BCUT2D eigenvalue weighted by Gasteiger charge is -2.40. The molecule has 0 radical (unpaired) electrons. The largest absolute Gasteiger partial charge is 0.379 e. The van der Waals surface area contributed by atoms with E-state index in [0.29, 0.717) is 41.8 Å². The number of hydrogen-bond acceptors (Lipinski definition) is 6. The average Bonchev–Trinajstić information content (AvgIpc) is 3.04. The number of carbonyl (C=O) groups excluding carboxylic acids is 2. The van der Waals surface area contributed by atoms with Crippen LogP contribution < -0.4 is 15.5 Å². The number of amides is 2. The van der Waals surface area contributed by atoms with Crippen LogP contribution in [0.1, 0.15) is 16.1 Å². The fourth-order valence-corrected chi connectivity index (χ4v) is 5.08. The lowest BCUT2D eigenvalue weighted by Crippen LogP contribution is -2.68. The highest BCUT2D eigenvalue weighted by atomic mass is 79.9. The molecule has 0 atom stereocenters. The first-order chi connectivity index (χ1) is 15.4. The monoisotopic (exact) mass is 540 g/mol. The molecule has 0 bridgehead atoms. The fourth-order valence-electron chi connectivity index (χ4n) is 3.51. The molecule has 1 aromatic heterocycles. The van der Waals surface area contributed by atoms with E-state index in [-0.39, 0.29) is 25.0 Å². The van der Waals surface area contributed by atoms with Crippen LogP contribution in [0.15, 0.2) is 39.1 Å². The maximum Gasteiger partial charge on any atom is 0.262 e. The summed E-state index contributed by atoms with van der Waals surface area (Å²) in [6.07, 6.45) is 0.703. The quantitative estimate of drug-likeness (QED) is 0.604. The molecule has 0 saturated carbocycles. The van der Waals surface area contributed by atoms with Crippen molar-refractivity contribution in [3.63, 3.8) is 0 Å². The number of rotatable bonds is 5. The smallest absolute Gasteiger partial charge is 0.262 e. The normalized spacial score (nSPS) is 19.2. The minimum absolute atomic E-state index is 0.104. The van der Waals surface area contributed by atoms with Crippen molar-refractivity contribution in [2.24, 2.45) is 4.99 Å². The summed E-state index contributed by atoms with van der Waals surface area (Å²) in [5.41, 5.74) is 0.210. The molecule has 2 aromatic rings. The second-order valence-corrected chi connectivity index (χ2v) is 10.3. The maximum atomic E-state index is 13.0. The van der Waals surface area contributed by atoms with Gasteiger partial charge in [0, 0.05) is 25.7 Å².